The average Bonchev–Trinajstić information content (AvgIpc) is 2.63. The van der Waals surface area contributed by atoms with Crippen LogP contribution < -0.4 is 5.32 Å². The fourth-order valence-electron chi connectivity index (χ4n) is 1.22. The summed E-state index contributed by atoms with van der Waals surface area (Å²) in [7, 11) is 1.30. The van der Waals surface area contributed by atoms with E-state index in [1.807, 2.05) is 6.92 Å². The molecule has 0 aromatic carbocycles. The van der Waals surface area contributed by atoms with Gasteiger partial charge in [0, 0.05) is 6.54 Å². The molecule has 7 heteroatoms. The van der Waals surface area contributed by atoms with E-state index in [0.29, 0.717) is 10.6 Å². The van der Waals surface area contributed by atoms with Crippen molar-refractivity contribution in [2.45, 2.75) is 18.7 Å². The third-order valence-electron chi connectivity index (χ3n) is 2.01. The normalized spacial score (nSPS) is 12.0. The smallest absolute Gasteiger partial charge is 0.321 e. The van der Waals surface area contributed by atoms with Crippen molar-refractivity contribution in [3.8, 4) is 0 Å². The van der Waals surface area contributed by atoms with Gasteiger partial charge < -0.3 is 10.1 Å². The molecule has 0 spiro atoms. The molecule has 0 saturated heterocycles. The number of hydrogen-bond acceptors (Lipinski definition) is 5. The molecule has 0 saturated carbocycles. The number of rotatable bonds is 4. The Kier molecular flexibility index (Phi) is 5.07. The molecule has 1 N–H and O–H groups in total. The van der Waals surface area contributed by atoms with Crippen LogP contribution >= 0.6 is 27.3 Å². The number of hydrogen-bond donors (Lipinski definition) is 1. The topological polar surface area (TPSA) is 68.3 Å². The zero-order valence-electron chi connectivity index (χ0n) is 9.74. The number of nitrogens with zero attached hydrogens (tertiary/aromatic N) is 1. The predicted molar refractivity (Wildman–Crippen MR) is 68.7 cm³/mol. The van der Waals surface area contributed by atoms with E-state index in [1.54, 1.807) is 6.92 Å². The van der Waals surface area contributed by atoms with Crippen molar-refractivity contribution in [3.05, 3.63) is 15.6 Å². The predicted octanol–water partition coefficient (Wildman–Crippen LogP) is 1.43. The Morgan fingerprint density at radius 1 is 1.53 bits per heavy atom. The molecule has 1 rings (SSSR count). The van der Waals surface area contributed by atoms with Crippen molar-refractivity contribution in [3.63, 3.8) is 0 Å². The minimum atomic E-state index is -0.536. The third kappa shape index (κ3) is 3.78. The monoisotopic (exact) mass is 320 g/mol. The first-order valence-corrected chi connectivity index (χ1v) is 6.63. The number of aryl methyl sites for hydroxylation is 2. The number of carbonyl (C=O) groups is 2. The highest BCUT2D eigenvalue weighted by Gasteiger charge is 2.18. The molecule has 1 aromatic heterocycles. The molecule has 0 aliphatic carbocycles. The molecule has 0 bridgehead atoms. The maximum absolute atomic E-state index is 11.8. The van der Waals surface area contributed by atoms with E-state index < -0.39 is 10.8 Å². The Bertz CT molecular complexity index is 433. The molecule has 0 aliphatic rings. The highest BCUT2D eigenvalue weighted by Crippen LogP contribution is 2.16. The van der Waals surface area contributed by atoms with Crippen LogP contribution in [0.2, 0.25) is 0 Å². The van der Waals surface area contributed by atoms with Crippen LogP contribution in [-0.4, -0.2) is 35.3 Å². The molecule has 17 heavy (non-hydrogen) atoms. The van der Waals surface area contributed by atoms with Gasteiger partial charge in [-0.05, 0) is 13.8 Å². The van der Waals surface area contributed by atoms with Crippen molar-refractivity contribution in [2.75, 3.05) is 13.7 Å². The fraction of sp³-hybridized carbons (Fsp3) is 0.500. The van der Waals surface area contributed by atoms with Crippen LogP contribution in [-0.2, 0) is 9.53 Å². The Morgan fingerprint density at radius 3 is 2.65 bits per heavy atom. The van der Waals surface area contributed by atoms with E-state index in [1.165, 1.54) is 18.4 Å². The third-order valence-corrected chi connectivity index (χ3v) is 3.78. The zero-order chi connectivity index (χ0) is 13.0. The fourth-order valence-corrected chi connectivity index (χ4v) is 2.40. The number of alkyl halides is 1. The second-order valence-corrected chi connectivity index (χ2v) is 5.66. The van der Waals surface area contributed by atoms with Crippen LogP contribution in [0.15, 0.2) is 0 Å². The summed E-state index contributed by atoms with van der Waals surface area (Å²) in [5.74, 6) is -0.635. The number of thiazole rings is 1. The number of aromatic nitrogens is 1. The first-order chi connectivity index (χ1) is 7.95. The Labute approximate surface area is 112 Å². The standard InChI is InChI=1S/C10H13BrN2O3S/c1-5-8(17-6(2)13-5)9(14)12-4-7(11)10(15)16-3/h7H,4H2,1-3H3,(H,12,14). The summed E-state index contributed by atoms with van der Waals surface area (Å²) in [5.41, 5.74) is 0.703. The van der Waals surface area contributed by atoms with Gasteiger partial charge in [0.1, 0.15) is 9.70 Å². The molecule has 94 valence electrons. The van der Waals surface area contributed by atoms with Crippen LogP contribution in [0.5, 0.6) is 0 Å². The summed E-state index contributed by atoms with van der Waals surface area (Å²) in [6.07, 6.45) is 0. The van der Waals surface area contributed by atoms with Gasteiger partial charge in [0.2, 0.25) is 0 Å². The highest BCUT2D eigenvalue weighted by atomic mass is 79.9. The van der Waals surface area contributed by atoms with Crippen molar-refractivity contribution in [1.29, 1.82) is 0 Å². The molecule has 1 unspecified atom stereocenters. The maximum Gasteiger partial charge on any atom is 0.321 e. The van der Waals surface area contributed by atoms with Gasteiger partial charge in [-0.1, -0.05) is 15.9 Å². The SMILES string of the molecule is COC(=O)C(Br)CNC(=O)c1sc(C)nc1C. The lowest BCUT2D eigenvalue weighted by Gasteiger charge is -2.08. The number of methoxy groups -OCH3 is 1. The van der Waals surface area contributed by atoms with Crippen LogP contribution in [0.1, 0.15) is 20.4 Å². The van der Waals surface area contributed by atoms with Crippen LogP contribution in [0.3, 0.4) is 0 Å². The van der Waals surface area contributed by atoms with Crippen molar-refractivity contribution in [2.24, 2.45) is 0 Å². The Morgan fingerprint density at radius 2 is 2.18 bits per heavy atom. The summed E-state index contributed by atoms with van der Waals surface area (Å²) in [6.45, 7) is 3.81. The molecular formula is C10H13BrN2O3S. The second kappa shape index (κ2) is 6.11. The summed E-state index contributed by atoms with van der Waals surface area (Å²) in [6, 6.07) is 0. The van der Waals surface area contributed by atoms with Crippen molar-refractivity contribution >= 4 is 39.1 Å². The molecule has 0 fully saturated rings. The van der Waals surface area contributed by atoms with Crippen LogP contribution in [0, 0.1) is 13.8 Å². The van der Waals surface area contributed by atoms with Gasteiger partial charge in [-0.25, -0.2) is 4.98 Å². The lowest BCUT2D eigenvalue weighted by atomic mass is 10.3. The zero-order valence-corrected chi connectivity index (χ0v) is 12.1. The van der Waals surface area contributed by atoms with Gasteiger partial charge in [-0.2, -0.15) is 0 Å². The van der Waals surface area contributed by atoms with Crippen LogP contribution in [0.25, 0.3) is 0 Å². The molecule has 1 amide bonds. The van der Waals surface area contributed by atoms with Gasteiger partial charge in [0.15, 0.2) is 0 Å². The van der Waals surface area contributed by atoms with Crippen molar-refractivity contribution in [1.82, 2.24) is 10.3 Å². The number of halogens is 1. The van der Waals surface area contributed by atoms with Gasteiger partial charge in [-0.15, -0.1) is 11.3 Å². The molecule has 1 atom stereocenters. The summed E-state index contributed by atoms with van der Waals surface area (Å²) < 4.78 is 4.53. The van der Waals surface area contributed by atoms with Crippen molar-refractivity contribution < 1.29 is 14.3 Å². The van der Waals surface area contributed by atoms with E-state index in [0.717, 1.165) is 5.01 Å². The summed E-state index contributed by atoms with van der Waals surface area (Å²) in [4.78, 5) is 27.1. The Balaban J connectivity index is 2.56. The highest BCUT2D eigenvalue weighted by molar-refractivity contribution is 9.10. The molecular weight excluding hydrogens is 308 g/mol. The largest absolute Gasteiger partial charge is 0.468 e. The second-order valence-electron chi connectivity index (χ2n) is 3.35. The molecule has 1 heterocycles. The first kappa shape index (κ1) is 14.1. The number of nitrogens with one attached hydrogen (secondary N) is 1. The molecule has 0 aliphatic heterocycles. The van der Waals surface area contributed by atoms with Crippen LogP contribution in [0.4, 0.5) is 0 Å². The number of carbonyl (C=O) groups excluding carboxylic acids is 2. The average molecular weight is 321 g/mol. The lowest BCUT2D eigenvalue weighted by Crippen LogP contribution is -2.33. The van der Waals surface area contributed by atoms with Gasteiger partial charge in [0.25, 0.3) is 5.91 Å². The van der Waals surface area contributed by atoms with Gasteiger partial charge in [0.05, 0.1) is 17.8 Å². The van der Waals surface area contributed by atoms with E-state index in [4.69, 9.17) is 0 Å². The van der Waals surface area contributed by atoms with Gasteiger partial charge in [-0.3, -0.25) is 9.59 Å². The van der Waals surface area contributed by atoms with E-state index in [-0.39, 0.29) is 12.5 Å². The summed E-state index contributed by atoms with van der Waals surface area (Å²) >= 11 is 4.46. The summed E-state index contributed by atoms with van der Waals surface area (Å²) in [5, 5.41) is 3.50. The Hall–Kier alpha value is -0.950. The quantitative estimate of drug-likeness (QED) is 0.673. The first-order valence-electron chi connectivity index (χ1n) is 4.89. The van der Waals surface area contributed by atoms with E-state index >= 15 is 0 Å². The number of ether oxygens (including phenoxy) is 1. The van der Waals surface area contributed by atoms with Gasteiger partial charge >= 0.3 is 5.97 Å². The maximum atomic E-state index is 11.8. The minimum Gasteiger partial charge on any atom is -0.468 e. The van der Waals surface area contributed by atoms with E-state index in [2.05, 4.69) is 31.0 Å². The lowest BCUT2D eigenvalue weighted by molar-refractivity contribution is -0.139. The van der Waals surface area contributed by atoms with E-state index in [9.17, 15) is 9.59 Å². The number of esters is 1. The molecule has 5 nitrogen and oxygen atoms in total. The molecule has 0 radical (unpaired) electrons. The molecule has 1 aromatic rings. The number of amides is 1. The minimum absolute atomic E-state index is 0.182.